The van der Waals surface area contributed by atoms with E-state index in [-0.39, 0.29) is 11.5 Å². The molecule has 106 valence electrons. The predicted octanol–water partition coefficient (Wildman–Crippen LogP) is 2.93. The van der Waals surface area contributed by atoms with Crippen LogP contribution in [0.25, 0.3) is 0 Å². The van der Waals surface area contributed by atoms with Gasteiger partial charge in [0.2, 0.25) is 0 Å². The van der Waals surface area contributed by atoms with E-state index in [0.717, 1.165) is 37.2 Å². The van der Waals surface area contributed by atoms with E-state index in [1.165, 1.54) is 0 Å². The average molecular weight is 273 g/mol. The first-order valence-corrected chi connectivity index (χ1v) is 7.09. The van der Waals surface area contributed by atoms with Crippen LogP contribution in [-0.4, -0.2) is 25.9 Å². The summed E-state index contributed by atoms with van der Waals surface area (Å²) >= 11 is 0. The molecule has 2 heterocycles. The molecule has 0 amide bonds. The summed E-state index contributed by atoms with van der Waals surface area (Å²) in [5.74, 6) is 1.62. The summed E-state index contributed by atoms with van der Waals surface area (Å²) in [6, 6.07) is 10.00. The normalized spacial score (nSPS) is 31.0. The van der Waals surface area contributed by atoms with E-state index in [9.17, 15) is 5.26 Å². The lowest BCUT2D eigenvalue weighted by Crippen LogP contribution is -2.32. The number of fused-ring (bicyclic) bond motifs is 2. The fourth-order valence-electron chi connectivity index (χ4n) is 3.26. The minimum Gasteiger partial charge on any atom is -0.497 e. The number of nitrogens with zero attached hydrogens (tertiary/aromatic N) is 1. The maximum absolute atomic E-state index is 9.50. The van der Waals surface area contributed by atoms with Gasteiger partial charge in [-0.05, 0) is 43.5 Å². The second-order valence-corrected chi connectivity index (χ2v) is 5.57. The Bertz CT molecular complexity index is 507. The van der Waals surface area contributed by atoms with Gasteiger partial charge in [-0.3, -0.25) is 0 Å². The number of methoxy groups -OCH3 is 1. The van der Waals surface area contributed by atoms with Crippen molar-refractivity contribution in [3.63, 3.8) is 0 Å². The Kier molecular flexibility index (Phi) is 3.54. The molecule has 1 aromatic carbocycles. The van der Waals surface area contributed by atoms with Crippen LogP contribution in [0.2, 0.25) is 0 Å². The monoisotopic (exact) mass is 273 g/mol. The molecule has 4 nitrogen and oxygen atoms in total. The third-order valence-electron chi connectivity index (χ3n) is 4.41. The zero-order chi connectivity index (χ0) is 14.0. The Hall–Kier alpha value is -1.73. The third-order valence-corrected chi connectivity index (χ3v) is 4.41. The van der Waals surface area contributed by atoms with E-state index in [2.05, 4.69) is 6.07 Å². The van der Waals surface area contributed by atoms with Gasteiger partial charge in [0.05, 0.1) is 37.4 Å². The first-order valence-electron chi connectivity index (χ1n) is 7.09. The maximum Gasteiger partial charge on any atom is 0.119 e. The molecule has 1 aromatic rings. The molecule has 2 bridgehead atoms. The van der Waals surface area contributed by atoms with E-state index in [1.807, 2.05) is 24.3 Å². The van der Waals surface area contributed by atoms with Gasteiger partial charge in [0.15, 0.2) is 0 Å². The van der Waals surface area contributed by atoms with Crippen molar-refractivity contribution in [3.05, 3.63) is 24.3 Å². The average Bonchev–Trinajstić information content (AvgIpc) is 3.09. The van der Waals surface area contributed by atoms with Gasteiger partial charge >= 0.3 is 0 Å². The van der Waals surface area contributed by atoms with Crippen LogP contribution < -0.4 is 9.47 Å². The molecule has 0 radical (unpaired) electrons. The van der Waals surface area contributed by atoms with E-state index in [0.29, 0.717) is 12.7 Å². The Balaban J connectivity index is 1.55. The lowest BCUT2D eigenvalue weighted by atomic mass is 9.73. The third kappa shape index (κ3) is 2.34. The SMILES string of the molecule is COc1ccc(OCCC2(C#N)CC3CCC2O3)cc1. The smallest absolute Gasteiger partial charge is 0.119 e. The number of benzene rings is 1. The molecule has 2 fully saturated rings. The van der Waals surface area contributed by atoms with Gasteiger partial charge in [-0.1, -0.05) is 0 Å². The number of rotatable bonds is 5. The topological polar surface area (TPSA) is 51.5 Å². The quantitative estimate of drug-likeness (QED) is 0.827. The highest BCUT2D eigenvalue weighted by Gasteiger charge is 2.52. The molecule has 0 saturated carbocycles. The lowest BCUT2D eigenvalue weighted by molar-refractivity contribution is 0.0714. The number of hydrogen-bond acceptors (Lipinski definition) is 4. The van der Waals surface area contributed by atoms with Crippen molar-refractivity contribution in [2.24, 2.45) is 5.41 Å². The van der Waals surface area contributed by atoms with Crippen molar-refractivity contribution in [1.82, 2.24) is 0 Å². The summed E-state index contributed by atoms with van der Waals surface area (Å²) in [6.07, 6.45) is 4.11. The molecule has 3 atom stereocenters. The summed E-state index contributed by atoms with van der Waals surface area (Å²) in [7, 11) is 1.64. The lowest BCUT2D eigenvalue weighted by Gasteiger charge is -2.27. The molecule has 3 rings (SSSR count). The Morgan fingerprint density at radius 3 is 2.60 bits per heavy atom. The highest BCUT2D eigenvalue weighted by molar-refractivity contribution is 5.31. The molecular weight excluding hydrogens is 254 g/mol. The molecule has 0 spiro atoms. The largest absolute Gasteiger partial charge is 0.497 e. The zero-order valence-corrected chi connectivity index (χ0v) is 11.7. The molecule has 2 aliphatic rings. The fourth-order valence-corrected chi connectivity index (χ4v) is 3.26. The van der Waals surface area contributed by atoms with E-state index in [4.69, 9.17) is 14.2 Å². The summed E-state index contributed by atoms with van der Waals surface area (Å²) in [4.78, 5) is 0. The summed E-state index contributed by atoms with van der Waals surface area (Å²) < 4.78 is 16.7. The van der Waals surface area contributed by atoms with Gasteiger partial charge in [-0.25, -0.2) is 0 Å². The second-order valence-electron chi connectivity index (χ2n) is 5.57. The molecular formula is C16H19NO3. The second kappa shape index (κ2) is 5.34. The van der Waals surface area contributed by atoms with Crippen LogP contribution in [0.15, 0.2) is 24.3 Å². The van der Waals surface area contributed by atoms with Crippen LogP contribution in [-0.2, 0) is 4.74 Å². The minimum atomic E-state index is -0.338. The minimum absolute atomic E-state index is 0.108. The standard InChI is InChI=1S/C16H19NO3/c1-18-12-2-4-13(5-3-12)19-9-8-16(11-17)10-14-6-7-15(16)20-14/h2-5,14-15H,6-10H2,1H3. The molecule has 3 unspecified atom stereocenters. The van der Waals surface area contributed by atoms with Crippen LogP contribution in [0.3, 0.4) is 0 Å². The van der Waals surface area contributed by atoms with Crippen molar-refractivity contribution in [1.29, 1.82) is 5.26 Å². The molecule has 20 heavy (non-hydrogen) atoms. The molecule has 0 N–H and O–H groups in total. The molecule has 2 saturated heterocycles. The summed E-state index contributed by atoms with van der Waals surface area (Å²) in [5.41, 5.74) is -0.338. The highest BCUT2D eigenvalue weighted by atomic mass is 16.5. The summed E-state index contributed by atoms with van der Waals surface area (Å²) in [5, 5.41) is 9.50. The van der Waals surface area contributed by atoms with Crippen LogP contribution in [0.4, 0.5) is 0 Å². The van der Waals surface area contributed by atoms with Gasteiger partial charge in [0.1, 0.15) is 11.5 Å². The van der Waals surface area contributed by atoms with E-state index in [1.54, 1.807) is 7.11 Å². The molecule has 0 aliphatic carbocycles. The molecule has 0 aromatic heterocycles. The van der Waals surface area contributed by atoms with Crippen LogP contribution in [0, 0.1) is 16.7 Å². The Morgan fingerprint density at radius 1 is 1.30 bits per heavy atom. The first kappa shape index (κ1) is 13.3. The van der Waals surface area contributed by atoms with Crippen molar-refractivity contribution in [2.75, 3.05) is 13.7 Å². The first-order chi connectivity index (χ1) is 9.75. The Labute approximate surface area is 119 Å². The van der Waals surface area contributed by atoms with Gasteiger partial charge in [-0.2, -0.15) is 5.26 Å². The number of nitriles is 1. The van der Waals surface area contributed by atoms with Crippen LogP contribution >= 0.6 is 0 Å². The number of ether oxygens (including phenoxy) is 3. The fraction of sp³-hybridized carbons (Fsp3) is 0.562. The predicted molar refractivity (Wildman–Crippen MR) is 73.7 cm³/mol. The number of hydrogen-bond donors (Lipinski definition) is 0. The van der Waals surface area contributed by atoms with Crippen molar-refractivity contribution in [3.8, 4) is 17.6 Å². The van der Waals surface area contributed by atoms with Crippen LogP contribution in [0.1, 0.15) is 25.7 Å². The molecule has 4 heteroatoms. The van der Waals surface area contributed by atoms with Crippen molar-refractivity contribution >= 4 is 0 Å². The zero-order valence-electron chi connectivity index (χ0n) is 11.7. The Morgan fingerprint density at radius 2 is 2.05 bits per heavy atom. The van der Waals surface area contributed by atoms with E-state index >= 15 is 0 Å². The van der Waals surface area contributed by atoms with Gasteiger partial charge in [0, 0.05) is 6.42 Å². The van der Waals surface area contributed by atoms with Gasteiger partial charge in [-0.15, -0.1) is 0 Å². The van der Waals surface area contributed by atoms with Gasteiger partial charge < -0.3 is 14.2 Å². The highest BCUT2D eigenvalue weighted by Crippen LogP contribution is 2.49. The van der Waals surface area contributed by atoms with E-state index < -0.39 is 0 Å². The van der Waals surface area contributed by atoms with Crippen molar-refractivity contribution < 1.29 is 14.2 Å². The maximum atomic E-state index is 9.50. The van der Waals surface area contributed by atoms with Gasteiger partial charge in [0.25, 0.3) is 0 Å². The summed E-state index contributed by atoms with van der Waals surface area (Å²) in [6.45, 7) is 0.548. The molecule has 2 aliphatic heterocycles. The van der Waals surface area contributed by atoms with Crippen LogP contribution in [0.5, 0.6) is 11.5 Å². The van der Waals surface area contributed by atoms with Crippen molar-refractivity contribution in [2.45, 2.75) is 37.9 Å².